The van der Waals surface area contributed by atoms with Crippen molar-refractivity contribution in [3.63, 3.8) is 0 Å². The number of hydrogen-bond donors (Lipinski definition) is 1. The Morgan fingerprint density at radius 1 is 1.25 bits per heavy atom. The van der Waals surface area contributed by atoms with Crippen LogP contribution in [-0.4, -0.2) is 13.1 Å². The van der Waals surface area contributed by atoms with Gasteiger partial charge in [0.1, 0.15) is 14.4 Å². The molecule has 1 heterocycles. The van der Waals surface area contributed by atoms with Crippen LogP contribution in [0.4, 0.5) is 5.69 Å². The van der Waals surface area contributed by atoms with Crippen LogP contribution in [0, 0.1) is 13.8 Å². The van der Waals surface area contributed by atoms with Gasteiger partial charge in [0.15, 0.2) is 5.75 Å². The van der Waals surface area contributed by atoms with Gasteiger partial charge in [-0.05, 0) is 53.0 Å². The molecule has 0 saturated heterocycles. The number of nitrogens with two attached hydrogens (primary N) is 1. The van der Waals surface area contributed by atoms with E-state index in [9.17, 15) is 4.79 Å². The third-order valence-corrected chi connectivity index (χ3v) is 4.50. The predicted molar refractivity (Wildman–Crippen MR) is 83.8 cm³/mol. The van der Waals surface area contributed by atoms with Crippen molar-refractivity contribution >= 4 is 38.9 Å². The van der Waals surface area contributed by atoms with E-state index in [0.29, 0.717) is 16.3 Å². The highest BCUT2D eigenvalue weighted by Gasteiger charge is 2.16. The van der Waals surface area contributed by atoms with Crippen molar-refractivity contribution < 1.29 is 14.3 Å². The van der Waals surface area contributed by atoms with E-state index in [-0.39, 0.29) is 5.97 Å². The second kappa shape index (κ2) is 5.85. The van der Waals surface area contributed by atoms with Crippen LogP contribution in [0.15, 0.2) is 22.0 Å². The van der Waals surface area contributed by atoms with E-state index in [1.807, 2.05) is 26.0 Å². The van der Waals surface area contributed by atoms with E-state index >= 15 is 0 Å². The van der Waals surface area contributed by atoms with Crippen molar-refractivity contribution in [2.45, 2.75) is 13.8 Å². The van der Waals surface area contributed by atoms with Crippen molar-refractivity contribution in [2.24, 2.45) is 0 Å². The smallest absolute Gasteiger partial charge is 0.348 e. The van der Waals surface area contributed by atoms with E-state index in [1.54, 1.807) is 6.07 Å². The number of rotatable bonds is 3. The molecular formula is C14H14BrNO3S. The molecule has 0 spiro atoms. The SMILES string of the molecule is COC(=O)c1cc(Oc2c(C)cc(N)cc2C)c(Br)s1. The van der Waals surface area contributed by atoms with Gasteiger partial charge < -0.3 is 15.2 Å². The van der Waals surface area contributed by atoms with Crippen LogP contribution < -0.4 is 10.5 Å². The Morgan fingerprint density at radius 3 is 2.40 bits per heavy atom. The fraction of sp³-hybridized carbons (Fsp3) is 0.214. The number of aryl methyl sites for hydroxylation is 2. The minimum Gasteiger partial charge on any atom is -0.465 e. The lowest BCUT2D eigenvalue weighted by Gasteiger charge is -2.11. The van der Waals surface area contributed by atoms with Gasteiger partial charge in [0.05, 0.1) is 7.11 Å². The minimum atomic E-state index is -0.378. The first-order valence-electron chi connectivity index (χ1n) is 5.84. The van der Waals surface area contributed by atoms with Crippen molar-refractivity contribution in [3.05, 3.63) is 38.0 Å². The number of nitrogen functional groups attached to an aromatic ring is 1. The van der Waals surface area contributed by atoms with E-state index < -0.39 is 0 Å². The van der Waals surface area contributed by atoms with Gasteiger partial charge in [-0.15, -0.1) is 11.3 Å². The van der Waals surface area contributed by atoms with Crippen LogP contribution in [0.3, 0.4) is 0 Å². The van der Waals surface area contributed by atoms with Crippen molar-refractivity contribution in [3.8, 4) is 11.5 Å². The topological polar surface area (TPSA) is 61.5 Å². The molecule has 1 aromatic carbocycles. The lowest BCUT2D eigenvalue weighted by Crippen LogP contribution is -1.97. The van der Waals surface area contributed by atoms with Crippen LogP contribution in [0.2, 0.25) is 0 Å². The van der Waals surface area contributed by atoms with Gasteiger partial charge in [-0.1, -0.05) is 0 Å². The summed E-state index contributed by atoms with van der Waals surface area (Å²) in [6.45, 7) is 3.86. The molecule has 0 radical (unpaired) electrons. The van der Waals surface area contributed by atoms with Crippen LogP contribution >= 0.6 is 27.3 Å². The molecule has 2 aromatic rings. The van der Waals surface area contributed by atoms with Crippen LogP contribution in [0.25, 0.3) is 0 Å². The highest BCUT2D eigenvalue weighted by molar-refractivity contribution is 9.11. The molecule has 0 atom stereocenters. The molecule has 2 N–H and O–H groups in total. The maximum Gasteiger partial charge on any atom is 0.348 e. The van der Waals surface area contributed by atoms with Gasteiger partial charge in [0.25, 0.3) is 0 Å². The van der Waals surface area contributed by atoms with Crippen LogP contribution in [-0.2, 0) is 4.74 Å². The summed E-state index contributed by atoms with van der Waals surface area (Å²) >= 11 is 4.67. The highest BCUT2D eigenvalue weighted by atomic mass is 79.9. The molecule has 4 nitrogen and oxygen atoms in total. The minimum absolute atomic E-state index is 0.378. The monoisotopic (exact) mass is 355 g/mol. The Hall–Kier alpha value is -1.53. The number of halogens is 1. The third kappa shape index (κ3) is 2.96. The molecule has 20 heavy (non-hydrogen) atoms. The van der Waals surface area contributed by atoms with Gasteiger partial charge in [0.2, 0.25) is 0 Å². The fourth-order valence-electron chi connectivity index (χ4n) is 1.88. The number of carbonyl (C=O) groups is 1. The molecule has 1 aromatic heterocycles. The summed E-state index contributed by atoms with van der Waals surface area (Å²) in [4.78, 5) is 12.0. The van der Waals surface area contributed by atoms with Gasteiger partial charge in [-0.2, -0.15) is 0 Å². The van der Waals surface area contributed by atoms with Gasteiger partial charge in [-0.3, -0.25) is 0 Å². The number of benzene rings is 1. The Kier molecular flexibility index (Phi) is 4.35. The first kappa shape index (κ1) is 14.9. The Morgan fingerprint density at radius 2 is 1.85 bits per heavy atom. The molecular weight excluding hydrogens is 342 g/mol. The molecule has 0 unspecified atom stereocenters. The molecule has 0 aliphatic rings. The zero-order valence-electron chi connectivity index (χ0n) is 11.3. The average Bonchev–Trinajstić information content (AvgIpc) is 2.74. The molecule has 6 heteroatoms. The number of hydrogen-bond acceptors (Lipinski definition) is 5. The molecule has 0 saturated carbocycles. The molecule has 0 bridgehead atoms. The van der Waals surface area contributed by atoms with Crippen LogP contribution in [0.1, 0.15) is 20.8 Å². The summed E-state index contributed by atoms with van der Waals surface area (Å²) in [6, 6.07) is 5.36. The van der Waals surface area contributed by atoms with E-state index in [1.165, 1.54) is 18.4 Å². The zero-order valence-corrected chi connectivity index (χ0v) is 13.7. The quantitative estimate of drug-likeness (QED) is 0.658. The number of thiophene rings is 1. The van der Waals surface area contributed by atoms with E-state index in [4.69, 9.17) is 15.2 Å². The summed E-state index contributed by atoms with van der Waals surface area (Å²) < 4.78 is 11.3. The van der Waals surface area contributed by atoms with Gasteiger partial charge in [0, 0.05) is 11.8 Å². The third-order valence-electron chi connectivity index (χ3n) is 2.74. The number of carbonyl (C=O) groups excluding carboxylic acids is 1. The summed E-state index contributed by atoms with van der Waals surface area (Å²) in [5.41, 5.74) is 8.38. The fourth-order valence-corrected chi connectivity index (χ4v) is 3.32. The highest BCUT2D eigenvalue weighted by Crippen LogP contribution is 2.39. The Balaban J connectivity index is 2.36. The van der Waals surface area contributed by atoms with Crippen LogP contribution in [0.5, 0.6) is 11.5 Å². The molecule has 0 aliphatic heterocycles. The second-order valence-corrected chi connectivity index (χ2v) is 6.70. The summed E-state index contributed by atoms with van der Waals surface area (Å²) in [5.74, 6) is 0.955. The second-order valence-electron chi connectivity index (χ2n) is 4.33. The molecule has 106 valence electrons. The van der Waals surface area contributed by atoms with Gasteiger partial charge in [-0.25, -0.2) is 4.79 Å². The molecule has 0 amide bonds. The van der Waals surface area contributed by atoms with E-state index in [0.717, 1.165) is 20.7 Å². The lowest BCUT2D eigenvalue weighted by atomic mass is 10.1. The average molecular weight is 356 g/mol. The first-order chi connectivity index (χ1) is 9.42. The largest absolute Gasteiger partial charge is 0.465 e. The van der Waals surface area contributed by atoms with Crippen molar-refractivity contribution in [2.75, 3.05) is 12.8 Å². The summed E-state index contributed by atoms with van der Waals surface area (Å²) in [5, 5.41) is 0. The number of anilines is 1. The number of ether oxygens (including phenoxy) is 2. The maximum atomic E-state index is 11.5. The Bertz CT molecular complexity index is 643. The zero-order chi connectivity index (χ0) is 14.9. The standard InChI is InChI=1S/C14H14BrNO3S/c1-7-4-9(16)5-8(2)12(7)19-10-6-11(14(17)18-3)20-13(10)15/h4-6H,16H2,1-3H3. The first-order valence-corrected chi connectivity index (χ1v) is 7.45. The predicted octanol–water partition coefficient (Wildman–Crippen LogP) is 4.29. The van der Waals surface area contributed by atoms with Crippen molar-refractivity contribution in [1.82, 2.24) is 0 Å². The number of methoxy groups -OCH3 is 1. The summed E-state index contributed by atoms with van der Waals surface area (Å²) in [6.07, 6.45) is 0. The molecule has 2 rings (SSSR count). The normalized spacial score (nSPS) is 10.4. The van der Waals surface area contributed by atoms with Crippen molar-refractivity contribution in [1.29, 1.82) is 0 Å². The summed E-state index contributed by atoms with van der Waals surface area (Å²) in [7, 11) is 1.35. The maximum absolute atomic E-state index is 11.5. The molecule has 0 aliphatic carbocycles. The number of esters is 1. The Labute approximate surface area is 129 Å². The van der Waals surface area contributed by atoms with E-state index in [2.05, 4.69) is 15.9 Å². The van der Waals surface area contributed by atoms with Gasteiger partial charge >= 0.3 is 5.97 Å². The molecule has 0 fully saturated rings. The lowest BCUT2D eigenvalue weighted by molar-refractivity contribution is 0.0606.